The first-order chi connectivity index (χ1) is 9.00. The first kappa shape index (κ1) is 12.6. The number of aromatic nitrogens is 3. The minimum Gasteiger partial charge on any atom is -0.345 e. The minimum absolute atomic E-state index is 0.0853. The summed E-state index contributed by atoms with van der Waals surface area (Å²) in [7, 11) is 0. The molecule has 1 aliphatic heterocycles. The van der Waals surface area contributed by atoms with Crippen molar-refractivity contribution < 1.29 is 4.79 Å². The van der Waals surface area contributed by atoms with Crippen LogP contribution < -0.4 is 11.1 Å². The molecule has 2 atom stereocenters. The standard InChI is InChI=1S/C13H21N5O/c1-8(11-17-16-10-4-3-7-18(10)11)15-12(19)13(2,14)9-5-6-9/h8-9H,3-7,14H2,1-2H3,(H,15,19). The second-order valence-electron chi connectivity index (χ2n) is 5.98. The van der Waals surface area contributed by atoms with Crippen LogP contribution in [0.4, 0.5) is 0 Å². The Labute approximate surface area is 112 Å². The molecule has 0 radical (unpaired) electrons. The van der Waals surface area contributed by atoms with Gasteiger partial charge in [0.1, 0.15) is 5.82 Å². The third-order valence-corrected chi connectivity index (χ3v) is 4.29. The Morgan fingerprint density at radius 3 is 2.95 bits per heavy atom. The van der Waals surface area contributed by atoms with E-state index in [1.54, 1.807) is 0 Å². The van der Waals surface area contributed by atoms with E-state index in [1.807, 2.05) is 13.8 Å². The molecule has 0 spiro atoms. The van der Waals surface area contributed by atoms with Gasteiger partial charge in [-0.15, -0.1) is 10.2 Å². The number of nitrogens with two attached hydrogens (primary N) is 1. The number of aryl methyl sites for hydroxylation is 1. The van der Waals surface area contributed by atoms with Gasteiger partial charge in [0, 0.05) is 13.0 Å². The SMILES string of the molecule is CC(NC(=O)C(C)(N)C1CC1)c1nnc2n1CCC2. The lowest BCUT2D eigenvalue weighted by atomic mass is 9.96. The molecule has 6 heteroatoms. The van der Waals surface area contributed by atoms with Gasteiger partial charge in [0.25, 0.3) is 0 Å². The third kappa shape index (κ3) is 2.14. The van der Waals surface area contributed by atoms with E-state index in [-0.39, 0.29) is 11.9 Å². The molecular weight excluding hydrogens is 242 g/mol. The number of nitrogens with one attached hydrogen (secondary N) is 1. The molecule has 1 aliphatic carbocycles. The number of hydrogen-bond donors (Lipinski definition) is 2. The molecule has 2 heterocycles. The molecule has 3 N–H and O–H groups in total. The van der Waals surface area contributed by atoms with Crippen LogP contribution in [0.3, 0.4) is 0 Å². The molecule has 6 nitrogen and oxygen atoms in total. The van der Waals surface area contributed by atoms with Crippen molar-refractivity contribution >= 4 is 5.91 Å². The molecule has 1 fully saturated rings. The summed E-state index contributed by atoms with van der Waals surface area (Å²) < 4.78 is 2.11. The molecule has 104 valence electrons. The highest BCUT2D eigenvalue weighted by molar-refractivity contribution is 5.86. The maximum atomic E-state index is 12.3. The van der Waals surface area contributed by atoms with Gasteiger partial charge in [0.15, 0.2) is 5.82 Å². The van der Waals surface area contributed by atoms with Crippen LogP contribution in [0.15, 0.2) is 0 Å². The molecule has 19 heavy (non-hydrogen) atoms. The van der Waals surface area contributed by atoms with Crippen LogP contribution in [0.1, 0.15) is 50.8 Å². The van der Waals surface area contributed by atoms with Gasteiger partial charge in [-0.1, -0.05) is 0 Å². The number of fused-ring (bicyclic) bond motifs is 1. The lowest BCUT2D eigenvalue weighted by Crippen LogP contribution is -2.54. The first-order valence-electron chi connectivity index (χ1n) is 7.02. The van der Waals surface area contributed by atoms with Crippen LogP contribution in [0.5, 0.6) is 0 Å². The van der Waals surface area contributed by atoms with E-state index in [2.05, 4.69) is 20.1 Å². The number of carbonyl (C=O) groups is 1. The Kier molecular flexibility index (Phi) is 2.85. The Balaban J connectivity index is 1.70. The normalized spacial score (nSPS) is 22.7. The fourth-order valence-corrected chi connectivity index (χ4v) is 2.78. The maximum Gasteiger partial charge on any atom is 0.240 e. The number of rotatable bonds is 4. The highest BCUT2D eigenvalue weighted by Crippen LogP contribution is 2.38. The van der Waals surface area contributed by atoms with E-state index in [1.165, 1.54) is 0 Å². The van der Waals surface area contributed by atoms with Crippen LogP contribution in [0.25, 0.3) is 0 Å². The predicted octanol–water partition coefficient (Wildman–Crippen LogP) is 0.529. The molecule has 1 saturated carbocycles. The van der Waals surface area contributed by atoms with Crippen molar-refractivity contribution in [2.75, 3.05) is 0 Å². The lowest BCUT2D eigenvalue weighted by Gasteiger charge is -2.25. The number of carbonyl (C=O) groups excluding carboxylic acids is 1. The van der Waals surface area contributed by atoms with Gasteiger partial charge >= 0.3 is 0 Å². The van der Waals surface area contributed by atoms with Crippen molar-refractivity contribution in [2.45, 2.75) is 57.7 Å². The van der Waals surface area contributed by atoms with Crippen LogP contribution in [0, 0.1) is 5.92 Å². The highest BCUT2D eigenvalue weighted by Gasteiger charge is 2.44. The summed E-state index contributed by atoms with van der Waals surface area (Å²) in [6, 6.07) is -0.145. The summed E-state index contributed by atoms with van der Waals surface area (Å²) in [5, 5.41) is 11.3. The van der Waals surface area contributed by atoms with Crippen molar-refractivity contribution in [3.8, 4) is 0 Å². The Morgan fingerprint density at radius 1 is 1.53 bits per heavy atom. The molecule has 2 unspecified atom stereocenters. The molecule has 1 aromatic heterocycles. The zero-order valence-electron chi connectivity index (χ0n) is 11.5. The fourth-order valence-electron chi connectivity index (χ4n) is 2.78. The minimum atomic E-state index is -0.762. The molecule has 0 bridgehead atoms. The van der Waals surface area contributed by atoms with Crippen molar-refractivity contribution in [1.82, 2.24) is 20.1 Å². The summed E-state index contributed by atoms with van der Waals surface area (Å²) >= 11 is 0. The number of hydrogen-bond acceptors (Lipinski definition) is 4. The second-order valence-corrected chi connectivity index (χ2v) is 5.98. The zero-order chi connectivity index (χ0) is 13.6. The maximum absolute atomic E-state index is 12.3. The van der Waals surface area contributed by atoms with E-state index in [0.717, 1.165) is 43.9 Å². The average Bonchev–Trinajstić information content (AvgIpc) is 2.98. The third-order valence-electron chi connectivity index (χ3n) is 4.29. The summed E-state index contributed by atoms with van der Waals surface area (Å²) in [5.41, 5.74) is 5.36. The van der Waals surface area contributed by atoms with Gasteiger partial charge < -0.3 is 15.6 Å². The smallest absolute Gasteiger partial charge is 0.240 e. The number of amides is 1. The zero-order valence-corrected chi connectivity index (χ0v) is 11.5. The van der Waals surface area contributed by atoms with Crippen LogP contribution in [-0.2, 0) is 17.8 Å². The topological polar surface area (TPSA) is 85.8 Å². The molecule has 1 amide bonds. The van der Waals surface area contributed by atoms with Crippen LogP contribution >= 0.6 is 0 Å². The molecular formula is C13H21N5O. The van der Waals surface area contributed by atoms with E-state index in [9.17, 15) is 4.79 Å². The van der Waals surface area contributed by atoms with Crippen molar-refractivity contribution in [2.24, 2.45) is 11.7 Å². The van der Waals surface area contributed by atoms with Gasteiger partial charge in [0.05, 0.1) is 11.6 Å². The summed E-state index contributed by atoms with van der Waals surface area (Å²) in [4.78, 5) is 12.3. The Morgan fingerprint density at radius 2 is 2.26 bits per heavy atom. The van der Waals surface area contributed by atoms with Gasteiger partial charge in [-0.2, -0.15) is 0 Å². The Hall–Kier alpha value is -1.43. The van der Waals surface area contributed by atoms with Gasteiger partial charge in [-0.3, -0.25) is 4.79 Å². The average molecular weight is 263 g/mol. The monoisotopic (exact) mass is 263 g/mol. The van der Waals surface area contributed by atoms with Crippen LogP contribution in [-0.4, -0.2) is 26.2 Å². The number of nitrogens with zero attached hydrogens (tertiary/aromatic N) is 3. The summed E-state index contributed by atoms with van der Waals surface area (Å²) in [5.74, 6) is 2.10. The van der Waals surface area contributed by atoms with Crippen LogP contribution in [0.2, 0.25) is 0 Å². The van der Waals surface area contributed by atoms with Gasteiger partial charge in [-0.05, 0) is 39.0 Å². The predicted molar refractivity (Wildman–Crippen MR) is 70.2 cm³/mol. The van der Waals surface area contributed by atoms with E-state index >= 15 is 0 Å². The van der Waals surface area contributed by atoms with Gasteiger partial charge in [0.2, 0.25) is 5.91 Å². The second kappa shape index (κ2) is 4.30. The Bertz CT molecular complexity index is 503. The largest absolute Gasteiger partial charge is 0.345 e. The van der Waals surface area contributed by atoms with Crippen molar-refractivity contribution in [3.63, 3.8) is 0 Å². The summed E-state index contributed by atoms with van der Waals surface area (Å²) in [6.07, 6.45) is 4.18. The van der Waals surface area contributed by atoms with E-state index in [0.29, 0.717) is 5.92 Å². The first-order valence-corrected chi connectivity index (χ1v) is 7.02. The summed E-state index contributed by atoms with van der Waals surface area (Å²) in [6.45, 7) is 4.71. The lowest BCUT2D eigenvalue weighted by molar-refractivity contribution is -0.127. The fraction of sp³-hybridized carbons (Fsp3) is 0.769. The highest BCUT2D eigenvalue weighted by atomic mass is 16.2. The van der Waals surface area contributed by atoms with E-state index < -0.39 is 5.54 Å². The van der Waals surface area contributed by atoms with E-state index in [4.69, 9.17) is 5.73 Å². The van der Waals surface area contributed by atoms with Crippen molar-refractivity contribution in [1.29, 1.82) is 0 Å². The molecule has 1 aromatic rings. The molecule has 2 aliphatic rings. The molecule has 0 aromatic carbocycles. The quantitative estimate of drug-likeness (QED) is 0.829. The molecule has 0 saturated heterocycles. The molecule has 3 rings (SSSR count). The van der Waals surface area contributed by atoms with Gasteiger partial charge in [-0.25, -0.2) is 0 Å². The van der Waals surface area contributed by atoms with Crippen molar-refractivity contribution in [3.05, 3.63) is 11.6 Å².